The maximum Gasteiger partial charge on any atom is 0.408 e. The van der Waals surface area contributed by atoms with Gasteiger partial charge in [0.1, 0.15) is 11.6 Å². The Labute approximate surface area is 178 Å². The summed E-state index contributed by atoms with van der Waals surface area (Å²) in [5, 5.41) is 11.7. The SMILES string of the molecule is CC(C)(C)OC(=O)N[C@@H](Cc1ccc(I)cc1)C(=O)N1CCN(C(=O)O)CC1. The third-order valence-electron chi connectivity index (χ3n) is 4.20. The van der Waals surface area contributed by atoms with Crippen LogP contribution in [-0.4, -0.2) is 70.8 Å². The largest absolute Gasteiger partial charge is 0.465 e. The number of piperazine rings is 1. The van der Waals surface area contributed by atoms with Crippen molar-refractivity contribution < 1.29 is 24.2 Å². The van der Waals surface area contributed by atoms with Crippen molar-refractivity contribution in [3.05, 3.63) is 33.4 Å². The van der Waals surface area contributed by atoms with E-state index < -0.39 is 23.8 Å². The number of benzene rings is 1. The van der Waals surface area contributed by atoms with Gasteiger partial charge in [0.25, 0.3) is 0 Å². The van der Waals surface area contributed by atoms with Gasteiger partial charge in [-0.2, -0.15) is 0 Å². The van der Waals surface area contributed by atoms with E-state index in [-0.39, 0.29) is 19.0 Å². The average molecular weight is 503 g/mol. The second-order valence-corrected chi connectivity index (χ2v) is 8.87. The van der Waals surface area contributed by atoms with Gasteiger partial charge < -0.3 is 25.0 Å². The quantitative estimate of drug-likeness (QED) is 0.616. The number of amides is 3. The fourth-order valence-electron chi connectivity index (χ4n) is 2.84. The topological polar surface area (TPSA) is 99.2 Å². The van der Waals surface area contributed by atoms with Gasteiger partial charge in [-0.05, 0) is 61.1 Å². The molecular weight excluding hydrogens is 477 g/mol. The number of carboxylic acid groups (broad SMARTS) is 1. The van der Waals surface area contributed by atoms with Gasteiger partial charge in [-0.3, -0.25) is 4.79 Å². The van der Waals surface area contributed by atoms with E-state index in [0.29, 0.717) is 19.5 Å². The molecule has 3 amide bonds. The van der Waals surface area contributed by atoms with E-state index in [1.807, 2.05) is 24.3 Å². The summed E-state index contributed by atoms with van der Waals surface area (Å²) in [6.45, 7) is 6.37. The molecule has 0 aromatic heterocycles. The molecule has 1 fully saturated rings. The molecule has 1 aliphatic heterocycles. The fourth-order valence-corrected chi connectivity index (χ4v) is 3.20. The van der Waals surface area contributed by atoms with Crippen LogP contribution < -0.4 is 5.32 Å². The van der Waals surface area contributed by atoms with Gasteiger partial charge >= 0.3 is 12.2 Å². The van der Waals surface area contributed by atoms with Crippen molar-refractivity contribution >= 4 is 40.7 Å². The zero-order valence-electron chi connectivity index (χ0n) is 16.3. The lowest BCUT2D eigenvalue weighted by atomic mass is 10.0. The molecule has 1 atom stereocenters. The lowest BCUT2D eigenvalue weighted by Gasteiger charge is -2.35. The van der Waals surface area contributed by atoms with Gasteiger partial charge in [-0.1, -0.05) is 12.1 Å². The van der Waals surface area contributed by atoms with Crippen LogP contribution in [0.3, 0.4) is 0 Å². The summed E-state index contributed by atoms with van der Waals surface area (Å²) >= 11 is 2.20. The molecule has 0 unspecified atom stereocenters. The Morgan fingerprint density at radius 3 is 2.14 bits per heavy atom. The maximum absolute atomic E-state index is 13.0. The molecule has 2 rings (SSSR count). The number of carbonyl (C=O) groups excluding carboxylic acids is 2. The van der Waals surface area contributed by atoms with E-state index in [4.69, 9.17) is 9.84 Å². The molecule has 8 nitrogen and oxygen atoms in total. The van der Waals surface area contributed by atoms with Crippen molar-refractivity contribution in [1.29, 1.82) is 0 Å². The van der Waals surface area contributed by atoms with Crippen LogP contribution in [-0.2, 0) is 16.0 Å². The Bertz CT molecular complexity index is 709. The van der Waals surface area contributed by atoms with Crippen molar-refractivity contribution in [1.82, 2.24) is 15.1 Å². The number of nitrogens with one attached hydrogen (secondary N) is 1. The first-order valence-corrected chi connectivity index (χ1v) is 10.1. The smallest absolute Gasteiger partial charge is 0.408 e. The summed E-state index contributed by atoms with van der Waals surface area (Å²) in [6.07, 6.45) is -1.32. The number of ether oxygens (including phenoxy) is 1. The minimum Gasteiger partial charge on any atom is -0.465 e. The monoisotopic (exact) mass is 503 g/mol. The normalized spacial score (nSPS) is 15.7. The molecule has 0 saturated carbocycles. The van der Waals surface area contributed by atoms with Crippen LogP contribution >= 0.6 is 22.6 Å². The number of rotatable bonds is 4. The van der Waals surface area contributed by atoms with E-state index in [1.54, 1.807) is 25.7 Å². The summed E-state index contributed by atoms with van der Waals surface area (Å²) in [6, 6.07) is 6.93. The van der Waals surface area contributed by atoms with Gasteiger partial charge in [-0.25, -0.2) is 9.59 Å². The highest BCUT2D eigenvalue weighted by atomic mass is 127. The third kappa shape index (κ3) is 6.84. The van der Waals surface area contributed by atoms with Crippen LogP contribution in [0.25, 0.3) is 0 Å². The van der Waals surface area contributed by atoms with Gasteiger partial charge in [-0.15, -0.1) is 0 Å². The lowest BCUT2D eigenvalue weighted by Crippen LogP contribution is -2.56. The van der Waals surface area contributed by atoms with Crippen LogP contribution in [0.15, 0.2) is 24.3 Å². The Balaban J connectivity index is 2.10. The predicted octanol–water partition coefficient (Wildman–Crippen LogP) is 2.55. The number of nitrogens with zero attached hydrogens (tertiary/aromatic N) is 2. The summed E-state index contributed by atoms with van der Waals surface area (Å²) < 4.78 is 6.38. The Kier molecular flexibility index (Phi) is 7.50. The molecule has 0 aliphatic carbocycles. The van der Waals surface area contributed by atoms with Crippen molar-refractivity contribution in [2.24, 2.45) is 0 Å². The standard InChI is InChI=1S/C19H26IN3O5/c1-19(2,3)28-17(25)21-15(12-13-4-6-14(20)7-5-13)16(24)22-8-10-23(11-9-22)18(26)27/h4-7,15H,8-12H2,1-3H3,(H,21,25)(H,26,27)/t15-/m0/s1. The van der Waals surface area contributed by atoms with Gasteiger partial charge in [0.05, 0.1) is 0 Å². The third-order valence-corrected chi connectivity index (χ3v) is 4.92. The molecular formula is C19H26IN3O5. The summed E-state index contributed by atoms with van der Waals surface area (Å²) in [4.78, 5) is 39.2. The van der Waals surface area contributed by atoms with Gasteiger partial charge in [0, 0.05) is 36.2 Å². The molecule has 1 aromatic rings. The van der Waals surface area contributed by atoms with Crippen LogP contribution in [0.4, 0.5) is 9.59 Å². The highest BCUT2D eigenvalue weighted by Crippen LogP contribution is 2.13. The zero-order chi connectivity index (χ0) is 20.9. The van der Waals surface area contributed by atoms with Crippen molar-refractivity contribution in [3.8, 4) is 0 Å². The molecule has 0 spiro atoms. The fraction of sp³-hybridized carbons (Fsp3) is 0.526. The van der Waals surface area contributed by atoms with Crippen LogP contribution in [0.5, 0.6) is 0 Å². The van der Waals surface area contributed by atoms with E-state index in [1.165, 1.54) is 4.90 Å². The highest BCUT2D eigenvalue weighted by Gasteiger charge is 2.31. The molecule has 1 aliphatic rings. The number of hydrogen-bond donors (Lipinski definition) is 2. The van der Waals surface area contributed by atoms with Crippen LogP contribution in [0.1, 0.15) is 26.3 Å². The molecule has 0 radical (unpaired) electrons. The van der Waals surface area contributed by atoms with Crippen molar-refractivity contribution in [2.75, 3.05) is 26.2 Å². The molecule has 154 valence electrons. The Hall–Kier alpha value is -2.04. The molecule has 0 bridgehead atoms. The minimum atomic E-state index is -0.991. The highest BCUT2D eigenvalue weighted by molar-refractivity contribution is 14.1. The first-order chi connectivity index (χ1) is 13.0. The number of hydrogen-bond acceptors (Lipinski definition) is 4. The number of halogens is 1. The van der Waals surface area contributed by atoms with Crippen molar-refractivity contribution in [3.63, 3.8) is 0 Å². The van der Waals surface area contributed by atoms with Crippen LogP contribution in [0, 0.1) is 3.57 Å². The molecule has 2 N–H and O–H groups in total. The first kappa shape index (κ1) is 22.3. The minimum absolute atomic E-state index is 0.241. The summed E-state index contributed by atoms with van der Waals surface area (Å²) in [5.74, 6) is -0.241. The first-order valence-electron chi connectivity index (χ1n) is 9.06. The Morgan fingerprint density at radius 2 is 1.64 bits per heavy atom. The van der Waals surface area contributed by atoms with E-state index in [0.717, 1.165) is 9.13 Å². The number of alkyl carbamates (subject to hydrolysis) is 1. The summed E-state index contributed by atoms with van der Waals surface area (Å²) in [5.41, 5.74) is 0.243. The lowest BCUT2D eigenvalue weighted by molar-refractivity contribution is -0.135. The molecule has 1 aromatic carbocycles. The van der Waals surface area contributed by atoms with E-state index >= 15 is 0 Å². The number of carbonyl (C=O) groups is 3. The van der Waals surface area contributed by atoms with Gasteiger partial charge in [0.2, 0.25) is 5.91 Å². The Morgan fingerprint density at radius 1 is 1.11 bits per heavy atom. The van der Waals surface area contributed by atoms with E-state index in [9.17, 15) is 14.4 Å². The average Bonchev–Trinajstić information content (AvgIpc) is 2.61. The molecule has 1 heterocycles. The second-order valence-electron chi connectivity index (χ2n) is 7.62. The second kappa shape index (κ2) is 9.44. The molecule has 9 heteroatoms. The van der Waals surface area contributed by atoms with Crippen LogP contribution in [0.2, 0.25) is 0 Å². The molecule has 28 heavy (non-hydrogen) atoms. The molecule has 1 saturated heterocycles. The maximum atomic E-state index is 13.0. The summed E-state index contributed by atoms with van der Waals surface area (Å²) in [7, 11) is 0. The van der Waals surface area contributed by atoms with Crippen molar-refractivity contribution in [2.45, 2.75) is 38.8 Å². The van der Waals surface area contributed by atoms with E-state index in [2.05, 4.69) is 27.9 Å². The zero-order valence-corrected chi connectivity index (χ0v) is 18.4. The van der Waals surface area contributed by atoms with Gasteiger partial charge in [0.15, 0.2) is 0 Å². The predicted molar refractivity (Wildman–Crippen MR) is 112 cm³/mol.